The molecule has 0 unspecified atom stereocenters. The summed E-state index contributed by atoms with van der Waals surface area (Å²) in [6, 6.07) is 14.5. The molecular weight excluding hydrogens is 418 g/mol. The van der Waals surface area contributed by atoms with E-state index >= 15 is 0 Å². The number of hydrogen-bond donors (Lipinski definition) is 0. The Kier molecular flexibility index (Phi) is 4.82. The Morgan fingerprint density at radius 1 is 1.04 bits per heavy atom. The smallest absolute Gasteiger partial charge is 0.266 e. The molecule has 3 aromatic rings. The van der Waals surface area contributed by atoms with Gasteiger partial charge in [0.2, 0.25) is 5.91 Å². The van der Waals surface area contributed by atoms with Crippen LogP contribution in [-0.2, 0) is 26.8 Å². The Bertz CT molecular complexity index is 1190. The van der Waals surface area contributed by atoms with Crippen LogP contribution in [0.4, 0.5) is 5.69 Å². The van der Waals surface area contributed by atoms with Gasteiger partial charge in [0.1, 0.15) is 0 Å². The van der Waals surface area contributed by atoms with Gasteiger partial charge in [-0.1, -0.05) is 41.9 Å². The Labute approximate surface area is 171 Å². The van der Waals surface area contributed by atoms with Crippen LogP contribution in [0.5, 0.6) is 0 Å². The molecule has 1 aromatic heterocycles. The van der Waals surface area contributed by atoms with Gasteiger partial charge in [-0.25, -0.2) is 13.3 Å². The Morgan fingerprint density at radius 3 is 2.54 bits per heavy atom. The molecule has 2 amide bonds. The summed E-state index contributed by atoms with van der Waals surface area (Å²) in [6.07, 6.45) is 0.0794. The molecule has 0 saturated carbocycles. The Balaban J connectivity index is 1.74. The van der Waals surface area contributed by atoms with Crippen molar-refractivity contribution in [1.82, 2.24) is 0 Å². The van der Waals surface area contributed by atoms with Crippen LogP contribution in [0.15, 0.2) is 64.9 Å². The summed E-state index contributed by atoms with van der Waals surface area (Å²) in [5.74, 6) is -1.11. The summed E-state index contributed by atoms with van der Waals surface area (Å²) in [5.41, 5.74) is 1.17. The fourth-order valence-corrected chi connectivity index (χ4v) is 5.52. The highest BCUT2D eigenvalue weighted by Gasteiger charge is 2.34. The molecule has 5 nitrogen and oxygen atoms in total. The molecule has 0 aliphatic carbocycles. The first-order chi connectivity index (χ1) is 13.4. The zero-order valence-corrected chi connectivity index (χ0v) is 16.9. The van der Waals surface area contributed by atoms with Crippen molar-refractivity contribution in [3.8, 4) is 0 Å². The topological polar surface area (TPSA) is 71.5 Å². The number of anilines is 1. The molecule has 0 N–H and O–H groups in total. The lowest BCUT2D eigenvalue weighted by molar-refractivity contribution is -0.117. The van der Waals surface area contributed by atoms with Crippen LogP contribution in [0.3, 0.4) is 0 Å². The zero-order chi connectivity index (χ0) is 19.9. The van der Waals surface area contributed by atoms with E-state index in [-0.39, 0.29) is 27.8 Å². The molecule has 0 saturated heterocycles. The minimum atomic E-state index is -3.68. The summed E-state index contributed by atoms with van der Waals surface area (Å²) in [6.45, 7) is 0. The summed E-state index contributed by atoms with van der Waals surface area (Å²) >= 11 is 7.58. The van der Waals surface area contributed by atoms with E-state index in [1.165, 1.54) is 29.5 Å². The lowest BCUT2D eigenvalue weighted by Crippen LogP contribution is -2.42. The van der Waals surface area contributed by atoms with Gasteiger partial charge in [-0.3, -0.25) is 9.59 Å². The number of carbonyl (C=O) groups is 2. The van der Waals surface area contributed by atoms with Crippen molar-refractivity contribution >= 4 is 50.3 Å². The molecule has 8 heteroatoms. The number of benzene rings is 2. The summed E-state index contributed by atoms with van der Waals surface area (Å²) < 4.78 is 25.7. The molecule has 4 rings (SSSR count). The number of nitrogens with zero attached hydrogens (tertiary/aromatic N) is 1. The van der Waals surface area contributed by atoms with E-state index in [1.807, 2.05) is 6.07 Å². The minimum absolute atomic E-state index is 0.00692. The van der Waals surface area contributed by atoms with Crippen LogP contribution in [0.2, 0.25) is 5.02 Å². The quantitative estimate of drug-likeness (QED) is 0.583. The fourth-order valence-electron chi connectivity index (χ4n) is 3.10. The maximum atomic E-state index is 12.8. The van der Waals surface area contributed by atoms with Crippen molar-refractivity contribution in [3.05, 3.63) is 81.0 Å². The molecule has 0 fully saturated rings. The van der Waals surface area contributed by atoms with Crippen LogP contribution in [0, 0.1) is 0 Å². The highest BCUT2D eigenvalue weighted by molar-refractivity contribution is 7.90. The van der Waals surface area contributed by atoms with E-state index < -0.39 is 21.7 Å². The van der Waals surface area contributed by atoms with Gasteiger partial charge < -0.3 is 0 Å². The van der Waals surface area contributed by atoms with Crippen molar-refractivity contribution < 1.29 is 18.0 Å². The van der Waals surface area contributed by atoms with Crippen LogP contribution in [0.1, 0.15) is 20.8 Å². The van der Waals surface area contributed by atoms with Gasteiger partial charge in [-0.05, 0) is 35.2 Å². The van der Waals surface area contributed by atoms with Gasteiger partial charge in [0.25, 0.3) is 5.91 Å². The van der Waals surface area contributed by atoms with E-state index in [1.54, 1.807) is 35.7 Å². The maximum absolute atomic E-state index is 12.8. The molecule has 28 heavy (non-hydrogen) atoms. The number of fused-ring (bicyclic) bond motifs is 1. The maximum Gasteiger partial charge on any atom is 0.266 e. The van der Waals surface area contributed by atoms with Crippen LogP contribution < -0.4 is 4.90 Å². The molecule has 142 valence electrons. The molecular formula is C20H14ClNO4S2. The van der Waals surface area contributed by atoms with E-state index in [0.29, 0.717) is 16.0 Å². The van der Waals surface area contributed by atoms with Crippen molar-refractivity contribution in [2.24, 2.45) is 0 Å². The van der Waals surface area contributed by atoms with Crippen LogP contribution >= 0.6 is 22.9 Å². The van der Waals surface area contributed by atoms with Crippen molar-refractivity contribution in [2.45, 2.75) is 17.1 Å². The average molecular weight is 432 g/mol. The molecule has 0 spiro atoms. The number of rotatable bonds is 4. The zero-order valence-electron chi connectivity index (χ0n) is 14.5. The van der Waals surface area contributed by atoms with Gasteiger partial charge in [-0.15, -0.1) is 11.3 Å². The summed E-state index contributed by atoms with van der Waals surface area (Å²) in [5, 5.41) is 1.89. The molecule has 1 aliphatic rings. The Morgan fingerprint density at radius 2 is 1.79 bits per heavy atom. The SMILES string of the molecule is O=C1Cc2sccc2C(=O)N1c1cc(S(=O)(=O)Cc2ccccc2)ccc1Cl. The first-order valence-corrected chi connectivity index (χ1v) is 11.3. The number of imide groups is 1. The second-order valence-corrected chi connectivity index (χ2v) is 9.72. The number of halogens is 1. The van der Waals surface area contributed by atoms with Gasteiger partial charge in [0, 0.05) is 4.88 Å². The van der Waals surface area contributed by atoms with Crippen molar-refractivity contribution in [3.63, 3.8) is 0 Å². The lowest BCUT2D eigenvalue weighted by atomic mass is 10.1. The largest absolute Gasteiger partial charge is 0.274 e. The predicted molar refractivity (Wildman–Crippen MR) is 109 cm³/mol. The first-order valence-electron chi connectivity index (χ1n) is 8.37. The van der Waals surface area contributed by atoms with E-state index in [2.05, 4.69) is 0 Å². The highest BCUT2D eigenvalue weighted by Crippen LogP contribution is 2.35. The molecule has 2 heterocycles. The second kappa shape index (κ2) is 7.16. The molecule has 0 radical (unpaired) electrons. The van der Waals surface area contributed by atoms with E-state index in [9.17, 15) is 18.0 Å². The summed E-state index contributed by atoms with van der Waals surface area (Å²) in [7, 11) is -3.68. The lowest BCUT2D eigenvalue weighted by Gasteiger charge is -2.26. The monoisotopic (exact) mass is 431 g/mol. The number of carbonyl (C=O) groups excluding carboxylic acids is 2. The normalized spacial score (nSPS) is 14.2. The predicted octanol–water partition coefficient (Wildman–Crippen LogP) is 4.10. The van der Waals surface area contributed by atoms with Gasteiger partial charge in [0.15, 0.2) is 9.84 Å². The third-order valence-electron chi connectivity index (χ3n) is 4.46. The minimum Gasteiger partial charge on any atom is -0.274 e. The number of thiophene rings is 1. The molecule has 0 bridgehead atoms. The number of sulfone groups is 1. The summed E-state index contributed by atoms with van der Waals surface area (Å²) in [4.78, 5) is 27.1. The van der Waals surface area contributed by atoms with E-state index in [4.69, 9.17) is 11.6 Å². The molecule has 0 atom stereocenters. The fraction of sp³-hybridized carbons (Fsp3) is 0.100. The van der Waals surface area contributed by atoms with Crippen LogP contribution in [0.25, 0.3) is 0 Å². The standard InChI is InChI=1S/C20H14ClNO4S2/c21-16-7-6-14(28(25,26)12-13-4-2-1-3-5-13)10-17(16)22-19(23)11-18-15(20(22)24)8-9-27-18/h1-10H,11-12H2. The third kappa shape index (κ3) is 3.37. The first kappa shape index (κ1) is 18.9. The van der Waals surface area contributed by atoms with Crippen molar-refractivity contribution in [2.75, 3.05) is 4.90 Å². The van der Waals surface area contributed by atoms with Crippen molar-refractivity contribution in [1.29, 1.82) is 0 Å². The number of amides is 2. The number of hydrogen-bond acceptors (Lipinski definition) is 5. The van der Waals surface area contributed by atoms with Crippen LogP contribution in [-0.4, -0.2) is 20.2 Å². The van der Waals surface area contributed by atoms with Gasteiger partial charge in [-0.2, -0.15) is 0 Å². The average Bonchev–Trinajstić information content (AvgIpc) is 3.12. The van der Waals surface area contributed by atoms with Gasteiger partial charge >= 0.3 is 0 Å². The molecule has 2 aromatic carbocycles. The molecule has 1 aliphatic heterocycles. The highest BCUT2D eigenvalue weighted by atomic mass is 35.5. The third-order valence-corrected chi connectivity index (χ3v) is 7.38. The second-order valence-electron chi connectivity index (χ2n) is 6.33. The van der Waals surface area contributed by atoms with E-state index in [0.717, 1.165) is 4.90 Å². The Hall–Kier alpha value is -2.48. The van der Waals surface area contributed by atoms with Gasteiger partial charge in [0.05, 0.1) is 33.3 Å².